The number of carbonyl (C=O) groups excluding carboxylic acids is 5. The second-order valence-electron chi connectivity index (χ2n) is 14.0. The van der Waals surface area contributed by atoms with Gasteiger partial charge in [-0.05, 0) is 35.1 Å². The number of amides is 2. The Bertz CT molecular complexity index is 1670. The van der Waals surface area contributed by atoms with Gasteiger partial charge < -0.3 is 40.3 Å². The average Bonchev–Trinajstić information content (AvgIpc) is 3.18. The molecule has 313 valence electrons. The largest absolute Gasteiger partial charge is 3.00 e. The zero-order chi connectivity index (χ0) is 40.8. The minimum atomic E-state index is -1.30. The van der Waals surface area contributed by atoms with E-state index in [2.05, 4.69) is 16.1 Å². The van der Waals surface area contributed by atoms with Crippen molar-refractivity contribution in [2.24, 2.45) is 0 Å². The van der Waals surface area contributed by atoms with Crippen LogP contribution in [0.4, 0.5) is 0 Å². The summed E-state index contributed by atoms with van der Waals surface area (Å²) in [7, 11) is 0. The molecule has 3 aromatic rings. The molecule has 1 atom stereocenters. The maximum absolute atomic E-state index is 13.2. The number of nitrogens with one attached hydrogen (secondary N) is 3. The minimum Gasteiger partial charge on any atom is -0.549 e. The first-order valence-electron chi connectivity index (χ1n) is 19.1. The van der Waals surface area contributed by atoms with Gasteiger partial charge >= 0.3 is 39.9 Å². The Hall–Kier alpha value is -3.91. The summed E-state index contributed by atoms with van der Waals surface area (Å²) < 4.78 is 0. The van der Waals surface area contributed by atoms with Crippen LogP contribution in [0, 0.1) is 39.9 Å². The van der Waals surface area contributed by atoms with E-state index < -0.39 is 23.9 Å². The topological polar surface area (TPSA) is 213 Å². The van der Waals surface area contributed by atoms with Gasteiger partial charge in [-0.1, -0.05) is 84.9 Å². The van der Waals surface area contributed by atoms with Gasteiger partial charge in [-0.2, -0.15) is 0 Å². The van der Waals surface area contributed by atoms with Crippen LogP contribution in [-0.2, 0) is 54.9 Å². The van der Waals surface area contributed by atoms with Crippen LogP contribution in [-0.4, -0.2) is 134 Å². The van der Waals surface area contributed by atoms with Crippen LogP contribution in [0.5, 0.6) is 0 Å². The Balaban J connectivity index is 0.00000900. The van der Waals surface area contributed by atoms with Crippen LogP contribution in [0.25, 0.3) is 0 Å². The summed E-state index contributed by atoms with van der Waals surface area (Å²) in [5.74, 6) is -4.39. The Morgan fingerprint density at radius 2 is 0.966 bits per heavy atom. The van der Waals surface area contributed by atoms with Crippen LogP contribution in [0.3, 0.4) is 0 Å². The van der Waals surface area contributed by atoms with Gasteiger partial charge in [0.2, 0.25) is 5.91 Å². The third-order valence-electron chi connectivity index (χ3n) is 9.56. The molecular weight excluding hydrogens is 892 g/mol. The van der Waals surface area contributed by atoms with E-state index >= 15 is 0 Å². The molecule has 1 radical (unpaired) electrons. The van der Waals surface area contributed by atoms with Crippen molar-refractivity contribution in [3.63, 3.8) is 0 Å². The molecule has 3 aromatic carbocycles. The van der Waals surface area contributed by atoms with Crippen LogP contribution < -0.4 is 31.4 Å². The molecule has 2 amide bonds. The van der Waals surface area contributed by atoms with Crippen LogP contribution in [0.1, 0.15) is 28.7 Å². The fourth-order valence-electron chi connectivity index (χ4n) is 6.35. The van der Waals surface area contributed by atoms with E-state index in [1.54, 1.807) is 14.7 Å². The van der Waals surface area contributed by atoms with Crippen LogP contribution in [0.15, 0.2) is 84.9 Å². The Morgan fingerprint density at radius 1 is 0.552 bits per heavy atom. The molecule has 17 heteroatoms. The van der Waals surface area contributed by atoms with Gasteiger partial charge in [0.1, 0.15) is 0 Å². The number of carboxylic acid groups (broad SMARTS) is 3. The number of nitrogens with zero attached hydrogens (tertiary/aromatic N) is 4. The van der Waals surface area contributed by atoms with Gasteiger partial charge in [-0.15, -0.1) is 0 Å². The minimum absolute atomic E-state index is 0. The molecule has 16 nitrogen and oxygen atoms in total. The third kappa shape index (κ3) is 19.7. The molecule has 1 fully saturated rings. The predicted octanol–water partition coefficient (Wildman–Crippen LogP) is -2.89. The Kier molecular flexibility index (Phi) is 22.5. The molecule has 4 rings (SSSR count). The smallest absolute Gasteiger partial charge is 0.549 e. The molecule has 1 saturated heterocycles. The standard InChI is InChI=1S/C41H55N7O9.Gd/c49-37(27-45-17-19-46(28-38(50)51)21-23-48(30-40(54)55)24-22-47(20-18-45)29-39(52)53)43-26-34-13-11-33(12-14-34)25-42-36(16-15-32-7-3-1-4-8-32)41(56)44-57-31-35-9-5-2-6-10-35;/h1-14,36,42H,15-31H2,(H,43,49)(H,44,56)(H,50,51)(H,52,53)(H,54,55);/q;+3/p-3/t36-;/m0./s1. The van der Waals surface area contributed by atoms with Gasteiger partial charge in [0.15, 0.2) is 0 Å². The number of aliphatic carboxylic acids is 3. The summed E-state index contributed by atoms with van der Waals surface area (Å²) in [4.78, 5) is 72.7. The summed E-state index contributed by atoms with van der Waals surface area (Å²) in [5.41, 5.74) is 6.45. The van der Waals surface area contributed by atoms with Crippen molar-refractivity contribution in [2.75, 3.05) is 78.5 Å². The van der Waals surface area contributed by atoms with Gasteiger partial charge in [-0.25, -0.2) is 5.48 Å². The second-order valence-corrected chi connectivity index (χ2v) is 14.0. The van der Waals surface area contributed by atoms with E-state index in [4.69, 9.17) is 4.84 Å². The fraction of sp³-hybridized carbons (Fsp3) is 0.439. The molecule has 0 aromatic heterocycles. The van der Waals surface area contributed by atoms with Crippen molar-refractivity contribution in [1.29, 1.82) is 0 Å². The quantitative estimate of drug-likeness (QED) is 0.0972. The number of carbonyl (C=O) groups is 5. The van der Waals surface area contributed by atoms with Crippen LogP contribution >= 0.6 is 0 Å². The molecule has 1 aliphatic heterocycles. The SMILES string of the molecule is O=C([O-])CN1CCN(CC(=O)[O-])CCN(CC(=O)NCc2ccc(CN[C@@H](CCc3ccccc3)C(=O)NOCc3ccccc3)cc2)CCN(CC(=O)[O-])CC1.[Gd+3]. The summed E-state index contributed by atoms with van der Waals surface area (Å²) >= 11 is 0. The summed E-state index contributed by atoms with van der Waals surface area (Å²) in [6.45, 7) is 1.76. The first-order valence-corrected chi connectivity index (χ1v) is 19.1. The molecule has 0 saturated carbocycles. The first-order chi connectivity index (χ1) is 27.5. The van der Waals surface area contributed by atoms with E-state index in [0.29, 0.717) is 32.5 Å². The zero-order valence-corrected chi connectivity index (χ0v) is 34.8. The number of hydrogen-bond acceptors (Lipinski definition) is 14. The normalized spacial score (nSPS) is 15.5. The number of aryl methyl sites for hydroxylation is 1. The van der Waals surface area contributed by atoms with Crippen molar-refractivity contribution in [2.45, 2.75) is 38.6 Å². The van der Waals surface area contributed by atoms with Crippen molar-refractivity contribution in [3.05, 3.63) is 107 Å². The number of rotatable bonds is 20. The van der Waals surface area contributed by atoms with E-state index in [0.717, 1.165) is 22.3 Å². The Labute approximate surface area is 371 Å². The number of benzene rings is 3. The molecule has 0 unspecified atom stereocenters. The van der Waals surface area contributed by atoms with Gasteiger partial charge in [-0.3, -0.25) is 34.0 Å². The summed E-state index contributed by atoms with van der Waals surface area (Å²) in [6.07, 6.45) is 1.25. The van der Waals surface area contributed by atoms with Crippen LogP contribution in [0.2, 0.25) is 0 Å². The maximum atomic E-state index is 13.2. The molecule has 0 aliphatic carbocycles. The van der Waals surface area contributed by atoms with Crippen molar-refractivity contribution in [3.8, 4) is 0 Å². The van der Waals surface area contributed by atoms with Gasteiger partial charge in [0.05, 0.1) is 37.1 Å². The summed E-state index contributed by atoms with van der Waals surface area (Å²) in [6, 6.07) is 26.6. The van der Waals surface area contributed by atoms with E-state index in [1.807, 2.05) is 89.8 Å². The number of hydrogen-bond donors (Lipinski definition) is 3. The zero-order valence-electron chi connectivity index (χ0n) is 32.5. The molecule has 58 heavy (non-hydrogen) atoms. The third-order valence-corrected chi connectivity index (χ3v) is 9.56. The van der Waals surface area contributed by atoms with Gasteiger partial charge in [0.25, 0.3) is 5.91 Å². The van der Waals surface area contributed by atoms with E-state index in [1.165, 1.54) is 0 Å². The van der Waals surface area contributed by atoms with E-state index in [9.17, 15) is 39.3 Å². The van der Waals surface area contributed by atoms with Gasteiger partial charge in [0, 0.05) is 85.1 Å². The molecule has 3 N–H and O–H groups in total. The Morgan fingerprint density at radius 3 is 1.41 bits per heavy atom. The predicted molar refractivity (Wildman–Crippen MR) is 204 cm³/mol. The molecule has 0 bridgehead atoms. The fourth-order valence-corrected chi connectivity index (χ4v) is 6.35. The molecule has 1 heterocycles. The monoisotopic (exact) mass is 944 g/mol. The summed E-state index contributed by atoms with van der Waals surface area (Å²) in [5, 5.41) is 40.5. The molecule has 0 spiro atoms. The average molecular weight is 944 g/mol. The molecule has 1 aliphatic rings. The second kappa shape index (κ2) is 27.0. The number of carboxylic acids is 3. The van der Waals surface area contributed by atoms with Crippen molar-refractivity contribution < 1.29 is 84.1 Å². The van der Waals surface area contributed by atoms with Crippen molar-refractivity contribution in [1.82, 2.24) is 35.7 Å². The first kappa shape index (κ1) is 48.5. The number of hydroxylamine groups is 1. The molecular formula is C41H52GdN7O9. The van der Waals surface area contributed by atoms with Crippen molar-refractivity contribution >= 4 is 29.7 Å². The maximum Gasteiger partial charge on any atom is 3.00 e. The van der Waals surface area contributed by atoms with E-state index in [-0.39, 0.29) is 130 Å².